The van der Waals surface area contributed by atoms with Crippen molar-refractivity contribution >= 4 is 0 Å². The van der Waals surface area contributed by atoms with Gasteiger partial charge in [-0.1, -0.05) is 24.6 Å². The molecule has 1 aromatic rings. The molecule has 1 aromatic carbocycles. The van der Waals surface area contributed by atoms with E-state index in [0.29, 0.717) is 18.0 Å². The summed E-state index contributed by atoms with van der Waals surface area (Å²) in [6, 6.07) is 9.41. The number of ether oxygens (including phenoxy) is 1. The number of para-hydroxylation sites is 1. The number of rotatable bonds is 3. The van der Waals surface area contributed by atoms with Crippen LogP contribution < -0.4 is 15.8 Å². The number of hydrogen-bond acceptors (Lipinski definition) is 3. The Morgan fingerprint density at radius 1 is 1.22 bits per heavy atom. The minimum Gasteiger partial charge on any atom is -0.493 e. The molecule has 1 fully saturated rings. The second kappa shape index (κ2) is 5.29. The Hall–Kier alpha value is -1.06. The van der Waals surface area contributed by atoms with Crippen LogP contribution in [0.5, 0.6) is 5.75 Å². The van der Waals surface area contributed by atoms with E-state index in [1.807, 2.05) is 6.07 Å². The van der Waals surface area contributed by atoms with E-state index in [1.165, 1.54) is 24.8 Å². The summed E-state index contributed by atoms with van der Waals surface area (Å²) in [6.07, 6.45) is 4.91. The normalized spacial score (nSPS) is 30.8. The number of fused-ring (bicyclic) bond motifs is 1. The maximum absolute atomic E-state index is 5.86. The lowest BCUT2D eigenvalue weighted by atomic mass is 9.97. The zero-order valence-electron chi connectivity index (χ0n) is 10.8. The second-order valence-electron chi connectivity index (χ2n) is 5.43. The third kappa shape index (κ3) is 2.25. The predicted molar refractivity (Wildman–Crippen MR) is 72.6 cm³/mol. The second-order valence-corrected chi connectivity index (χ2v) is 5.43. The van der Waals surface area contributed by atoms with Gasteiger partial charge in [0.05, 0.1) is 6.61 Å². The molecule has 0 aromatic heterocycles. The van der Waals surface area contributed by atoms with E-state index < -0.39 is 0 Å². The maximum atomic E-state index is 5.86. The fourth-order valence-corrected chi connectivity index (χ4v) is 3.31. The average Bonchev–Trinajstić information content (AvgIpc) is 2.86. The van der Waals surface area contributed by atoms with Gasteiger partial charge in [0.25, 0.3) is 0 Å². The highest BCUT2D eigenvalue weighted by molar-refractivity contribution is 5.37. The Labute approximate surface area is 109 Å². The van der Waals surface area contributed by atoms with Crippen molar-refractivity contribution in [2.24, 2.45) is 11.7 Å². The van der Waals surface area contributed by atoms with E-state index in [1.54, 1.807) is 0 Å². The first-order chi connectivity index (χ1) is 8.88. The molecule has 3 rings (SSSR count). The van der Waals surface area contributed by atoms with Gasteiger partial charge in [-0.05, 0) is 31.4 Å². The minimum atomic E-state index is 0.437. The molecule has 3 atom stereocenters. The maximum Gasteiger partial charge on any atom is 0.124 e. The van der Waals surface area contributed by atoms with Gasteiger partial charge in [0, 0.05) is 24.1 Å². The molecule has 3 unspecified atom stereocenters. The standard InChI is InChI=1S/C15H22N2O/c16-10-11-4-3-6-13(11)17-14-8-9-18-15-7-2-1-5-12(14)15/h1-2,5,7,11,13-14,17H,3-4,6,8-10,16H2. The minimum absolute atomic E-state index is 0.437. The van der Waals surface area contributed by atoms with Gasteiger partial charge in [-0.3, -0.25) is 0 Å². The highest BCUT2D eigenvalue weighted by Gasteiger charge is 2.30. The summed E-state index contributed by atoms with van der Waals surface area (Å²) in [4.78, 5) is 0. The summed E-state index contributed by atoms with van der Waals surface area (Å²) in [5, 5.41) is 3.82. The van der Waals surface area contributed by atoms with Gasteiger partial charge in [-0.15, -0.1) is 0 Å². The molecule has 0 spiro atoms. The van der Waals surface area contributed by atoms with Crippen molar-refractivity contribution in [3.8, 4) is 5.75 Å². The van der Waals surface area contributed by atoms with Crippen LogP contribution in [0.1, 0.15) is 37.3 Å². The molecule has 2 aliphatic rings. The van der Waals surface area contributed by atoms with Gasteiger partial charge < -0.3 is 15.8 Å². The number of nitrogens with two attached hydrogens (primary N) is 1. The number of benzene rings is 1. The molecule has 0 bridgehead atoms. The van der Waals surface area contributed by atoms with Crippen molar-refractivity contribution in [1.82, 2.24) is 5.32 Å². The lowest BCUT2D eigenvalue weighted by molar-refractivity contribution is 0.235. The predicted octanol–water partition coefficient (Wildman–Crippen LogP) is 2.23. The quantitative estimate of drug-likeness (QED) is 0.859. The Morgan fingerprint density at radius 3 is 3.00 bits per heavy atom. The van der Waals surface area contributed by atoms with Crippen molar-refractivity contribution in [1.29, 1.82) is 0 Å². The van der Waals surface area contributed by atoms with Crippen LogP contribution in [-0.2, 0) is 0 Å². The first-order valence-corrected chi connectivity index (χ1v) is 7.06. The summed E-state index contributed by atoms with van der Waals surface area (Å²) in [5.74, 6) is 1.70. The Kier molecular flexibility index (Phi) is 3.52. The summed E-state index contributed by atoms with van der Waals surface area (Å²) in [5.41, 5.74) is 7.17. The third-order valence-corrected chi connectivity index (χ3v) is 4.34. The van der Waals surface area contributed by atoms with Crippen LogP contribution in [0.2, 0.25) is 0 Å². The molecule has 0 radical (unpaired) electrons. The van der Waals surface area contributed by atoms with Crippen LogP contribution in [0.3, 0.4) is 0 Å². The van der Waals surface area contributed by atoms with E-state index in [2.05, 4.69) is 23.5 Å². The van der Waals surface area contributed by atoms with Crippen LogP contribution in [0.15, 0.2) is 24.3 Å². The van der Waals surface area contributed by atoms with Crippen molar-refractivity contribution in [3.05, 3.63) is 29.8 Å². The Morgan fingerprint density at radius 2 is 2.11 bits per heavy atom. The van der Waals surface area contributed by atoms with Crippen molar-refractivity contribution in [2.75, 3.05) is 13.2 Å². The van der Waals surface area contributed by atoms with Gasteiger partial charge >= 0.3 is 0 Å². The van der Waals surface area contributed by atoms with E-state index in [9.17, 15) is 0 Å². The van der Waals surface area contributed by atoms with Gasteiger partial charge in [-0.25, -0.2) is 0 Å². The van der Waals surface area contributed by atoms with Crippen molar-refractivity contribution in [2.45, 2.75) is 37.8 Å². The topological polar surface area (TPSA) is 47.3 Å². The Bertz CT molecular complexity index is 407. The van der Waals surface area contributed by atoms with Gasteiger partial charge in [-0.2, -0.15) is 0 Å². The smallest absolute Gasteiger partial charge is 0.124 e. The molecule has 98 valence electrons. The van der Waals surface area contributed by atoms with Crippen molar-refractivity contribution in [3.63, 3.8) is 0 Å². The van der Waals surface area contributed by atoms with E-state index in [4.69, 9.17) is 10.5 Å². The molecule has 0 amide bonds. The van der Waals surface area contributed by atoms with Gasteiger partial charge in [0.2, 0.25) is 0 Å². The Balaban J connectivity index is 1.74. The molecule has 1 aliphatic heterocycles. The van der Waals surface area contributed by atoms with E-state index >= 15 is 0 Å². The van der Waals surface area contributed by atoms with Gasteiger partial charge in [0.15, 0.2) is 0 Å². The molecule has 1 aliphatic carbocycles. The highest BCUT2D eigenvalue weighted by atomic mass is 16.5. The summed E-state index contributed by atoms with van der Waals surface area (Å²) in [6.45, 7) is 1.62. The summed E-state index contributed by atoms with van der Waals surface area (Å²) < 4.78 is 5.71. The molecule has 0 saturated heterocycles. The molecule has 18 heavy (non-hydrogen) atoms. The van der Waals surface area contributed by atoms with Crippen molar-refractivity contribution < 1.29 is 4.74 Å². The van der Waals surface area contributed by atoms with Gasteiger partial charge in [0.1, 0.15) is 5.75 Å². The molecular formula is C15H22N2O. The fourth-order valence-electron chi connectivity index (χ4n) is 3.31. The van der Waals surface area contributed by atoms with E-state index in [0.717, 1.165) is 25.3 Å². The summed E-state index contributed by atoms with van der Waals surface area (Å²) in [7, 11) is 0. The van der Waals surface area contributed by atoms with Crippen LogP contribution in [0.25, 0.3) is 0 Å². The van der Waals surface area contributed by atoms with Crippen LogP contribution in [0, 0.1) is 5.92 Å². The highest BCUT2D eigenvalue weighted by Crippen LogP contribution is 2.34. The first kappa shape index (κ1) is 12.0. The molecule has 3 N–H and O–H groups in total. The lowest BCUT2D eigenvalue weighted by Gasteiger charge is -2.31. The van der Waals surface area contributed by atoms with Crippen LogP contribution >= 0.6 is 0 Å². The van der Waals surface area contributed by atoms with Crippen LogP contribution in [0.4, 0.5) is 0 Å². The largest absolute Gasteiger partial charge is 0.493 e. The molecular weight excluding hydrogens is 224 g/mol. The number of nitrogens with one attached hydrogen (secondary N) is 1. The average molecular weight is 246 g/mol. The molecule has 1 saturated carbocycles. The molecule has 3 nitrogen and oxygen atoms in total. The lowest BCUT2D eigenvalue weighted by Crippen LogP contribution is -2.40. The van der Waals surface area contributed by atoms with E-state index in [-0.39, 0.29) is 0 Å². The fraction of sp³-hybridized carbons (Fsp3) is 0.600. The summed E-state index contributed by atoms with van der Waals surface area (Å²) >= 11 is 0. The molecule has 1 heterocycles. The zero-order valence-corrected chi connectivity index (χ0v) is 10.8. The third-order valence-electron chi connectivity index (χ3n) is 4.34. The zero-order chi connectivity index (χ0) is 12.4. The van der Waals surface area contributed by atoms with Crippen LogP contribution in [-0.4, -0.2) is 19.2 Å². The molecule has 3 heteroatoms. The monoisotopic (exact) mass is 246 g/mol. The first-order valence-electron chi connectivity index (χ1n) is 7.06. The SMILES string of the molecule is NCC1CCCC1NC1CCOc2ccccc21. The number of hydrogen-bond donors (Lipinski definition) is 2.